The van der Waals surface area contributed by atoms with Gasteiger partial charge in [0.25, 0.3) is 0 Å². The molecule has 1 amide bonds. The topological polar surface area (TPSA) is 44.4 Å². The monoisotopic (exact) mass is 307 g/mol. The van der Waals surface area contributed by atoms with Gasteiger partial charge in [-0.05, 0) is 31.0 Å². The Morgan fingerprint density at radius 1 is 1.33 bits per heavy atom. The molecule has 2 heterocycles. The van der Waals surface area contributed by atoms with E-state index in [9.17, 15) is 4.79 Å². The Morgan fingerprint density at radius 2 is 2.19 bits per heavy atom. The van der Waals surface area contributed by atoms with E-state index in [1.807, 2.05) is 29.2 Å². The molecule has 0 aliphatic carbocycles. The number of halogens is 1. The molecule has 2 N–H and O–H groups in total. The molecule has 0 spiro atoms. The predicted octanol–water partition coefficient (Wildman–Crippen LogP) is 1.95. The zero-order valence-corrected chi connectivity index (χ0v) is 12.9. The van der Waals surface area contributed by atoms with Crippen molar-refractivity contribution < 1.29 is 4.79 Å². The molecule has 2 aliphatic heterocycles. The number of rotatable bonds is 3. The number of piperazine rings is 1. The van der Waals surface area contributed by atoms with Crippen molar-refractivity contribution in [1.82, 2.24) is 15.5 Å². The highest BCUT2D eigenvalue weighted by Crippen LogP contribution is 2.29. The average molecular weight is 308 g/mol. The van der Waals surface area contributed by atoms with E-state index in [2.05, 4.69) is 10.6 Å². The van der Waals surface area contributed by atoms with Crippen molar-refractivity contribution in [3.05, 3.63) is 34.9 Å². The zero-order valence-electron chi connectivity index (χ0n) is 12.1. The van der Waals surface area contributed by atoms with Gasteiger partial charge in [0, 0.05) is 37.1 Å². The van der Waals surface area contributed by atoms with Gasteiger partial charge in [0.2, 0.25) is 5.91 Å². The lowest BCUT2D eigenvalue weighted by Crippen LogP contribution is -2.49. The van der Waals surface area contributed by atoms with E-state index in [4.69, 9.17) is 11.6 Å². The zero-order chi connectivity index (χ0) is 14.7. The van der Waals surface area contributed by atoms with Crippen molar-refractivity contribution in [1.29, 1.82) is 0 Å². The smallest absolute Gasteiger partial charge is 0.224 e. The first kappa shape index (κ1) is 14.8. The molecule has 1 aromatic carbocycles. The second-order valence-corrected chi connectivity index (χ2v) is 6.23. The molecule has 3 rings (SSSR count). The first-order valence-electron chi connectivity index (χ1n) is 7.73. The third kappa shape index (κ3) is 3.39. The second kappa shape index (κ2) is 6.77. The number of carbonyl (C=O) groups excluding carboxylic acids is 1. The van der Waals surface area contributed by atoms with Crippen LogP contribution in [0.2, 0.25) is 5.02 Å². The van der Waals surface area contributed by atoms with Crippen molar-refractivity contribution in [2.24, 2.45) is 0 Å². The summed E-state index contributed by atoms with van der Waals surface area (Å²) >= 11 is 6.32. The van der Waals surface area contributed by atoms with Crippen LogP contribution in [0.25, 0.3) is 0 Å². The van der Waals surface area contributed by atoms with Crippen LogP contribution < -0.4 is 10.6 Å². The Bertz CT molecular complexity index is 502. The summed E-state index contributed by atoms with van der Waals surface area (Å²) in [5.41, 5.74) is 1.04. The third-order valence-electron chi connectivity index (χ3n) is 4.41. The van der Waals surface area contributed by atoms with Crippen LogP contribution in [0, 0.1) is 0 Å². The fourth-order valence-electron chi connectivity index (χ4n) is 3.28. The van der Waals surface area contributed by atoms with Gasteiger partial charge in [-0.3, -0.25) is 4.79 Å². The first-order valence-corrected chi connectivity index (χ1v) is 8.11. The predicted molar refractivity (Wildman–Crippen MR) is 84.4 cm³/mol. The standard InChI is InChI=1S/C16H22ClN3O/c17-14-6-2-1-5-13(14)15-11-18-8-9-20(15)16(21)10-12-4-3-7-19-12/h1-2,5-6,12,15,18-19H,3-4,7-11H2. The van der Waals surface area contributed by atoms with Crippen molar-refractivity contribution in [2.45, 2.75) is 31.3 Å². The highest BCUT2D eigenvalue weighted by atomic mass is 35.5. The molecule has 2 saturated heterocycles. The molecule has 2 fully saturated rings. The Kier molecular flexibility index (Phi) is 4.78. The average Bonchev–Trinajstić information content (AvgIpc) is 3.01. The molecule has 114 valence electrons. The first-order chi connectivity index (χ1) is 10.3. The summed E-state index contributed by atoms with van der Waals surface area (Å²) in [7, 11) is 0. The summed E-state index contributed by atoms with van der Waals surface area (Å²) < 4.78 is 0. The summed E-state index contributed by atoms with van der Waals surface area (Å²) in [6.07, 6.45) is 2.88. The number of amides is 1. The Morgan fingerprint density at radius 3 is 2.95 bits per heavy atom. The van der Waals surface area contributed by atoms with Gasteiger partial charge in [-0.25, -0.2) is 0 Å². The molecule has 0 bridgehead atoms. The van der Waals surface area contributed by atoms with Gasteiger partial charge in [0.1, 0.15) is 0 Å². The third-order valence-corrected chi connectivity index (χ3v) is 4.76. The molecule has 2 atom stereocenters. The van der Waals surface area contributed by atoms with Gasteiger partial charge < -0.3 is 15.5 Å². The Balaban J connectivity index is 1.74. The normalized spacial score (nSPS) is 26.0. The van der Waals surface area contributed by atoms with E-state index in [1.54, 1.807) is 0 Å². The van der Waals surface area contributed by atoms with Gasteiger partial charge in [-0.15, -0.1) is 0 Å². The van der Waals surface area contributed by atoms with Crippen LogP contribution in [0.3, 0.4) is 0 Å². The quantitative estimate of drug-likeness (QED) is 0.897. The molecular formula is C16H22ClN3O. The van der Waals surface area contributed by atoms with Crippen LogP contribution in [-0.2, 0) is 4.79 Å². The van der Waals surface area contributed by atoms with Crippen molar-refractivity contribution in [2.75, 3.05) is 26.2 Å². The fourth-order valence-corrected chi connectivity index (χ4v) is 3.55. The summed E-state index contributed by atoms with van der Waals surface area (Å²) in [6.45, 7) is 3.41. The maximum atomic E-state index is 12.7. The lowest BCUT2D eigenvalue weighted by molar-refractivity contribution is -0.135. The van der Waals surface area contributed by atoms with Gasteiger partial charge in [-0.1, -0.05) is 29.8 Å². The minimum absolute atomic E-state index is 0.0429. The van der Waals surface area contributed by atoms with E-state index in [-0.39, 0.29) is 11.9 Å². The van der Waals surface area contributed by atoms with Gasteiger partial charge in [0.05, 0.1) is 6.04 Å². The number of nitrogens with zero attached hydrogens (tertiary/aromatic N) is 1. The van der Waals surface area contributed by atoms with Crippen LogP contribution in [-0.4, -0.2) is 43.0 Å². The van der Waals surface area contributed by atoms with Gasteiger partial charge in [0.15, 0.2) is 0 Å². The summed E-state index contributed by atoms with van der Waals surface area (Å²) in [5.74, 6) is 0.237. The van der Waals surface area contributed by atoms with E-state index in [1.165, 1.54) is 6.42 Å². The van der Waals surface area contributed by atoms with Crippen LogP contribution in [0.4, 0.5) is 0 Å². The van der Waals surface area contributed by atoms with Crippen LogP contribution >= 0.6 is 11.6 Å². The van der Waals surface area contributed by atoms with E-state index in [0.29, 0.717) is 12.5 Å². The minimum Gasteiger partial charge on any atom is -0.333 e. The lowest BCUT2D eigenvalue weighted by atomic mass is 10.0. The highest BCUT2D eigenvalue weighted by Gasteiger charge is 2.30. The molecule has 2 aliphatic rings. The van der Waals surface area contributed by atoms with Gasteiger partial charge >= 0.3 is 0 Å². The molecule has 4 nitrogen and oxygen atoms in total. The van der Waals surface area contributed by atoms with E-state index >= 15 is 0 Å². The Labute approximate surface area is 130 Å². The van der Waals surface area contributed by atoms with Crippen LogP contribution in [0.5, 0.6) is 0 Å². The summed E-state index contributed by atoms with van der Waals surface area (Å²) in [4.78, 5) is 14.7. The minimum atomic E-state index is 0.0429. The Hall–Kier alpha value is -1.10. The lowest BCUT2D eigenvalue weighted by Gasteiger charge is -2.37. The molecule has 0 radical (unpaired) electrons. The molecule has 5 heteroatoms. The van der Waals surface area contributed by atoms with Crippen molar-refractivity contribution in [3.63, 3.8) is 0 Å². The number of carbonyl (C=O) groups is 1. The molecule has 21 heavy (non-hydrogen) atoms. The summed E-state index contributed by atoms with van der Waals surface area (Å²) in [5, 5.41) is 7.51. The molecule has 2 unspecified atom stereocenters. The number of hydrogen-bond donors (Lipinski definition) is 2. The molecule has 0 aromatic heterocycles. The SMILES string of the molecule is O=C(CC1CCCN1)N1CCNCC1c1ccccc1Cl. The summed E-state index contributed by atoms with van der Waals surface area (Å²) in [6, 6.07) is 8.22. The number of nitrogens with one attached hydrogen (secondary N) is 2. The van der Waals surface area contributed by atoms with E-state index < -0.39 is 0 Å². The number of hydrogen-bond acceptors (Lipinski definition) is 3. The number of benzene rings is 1. The molecule has 0 saturated carbocycles. The molecular weight excluding hydrogens is 286 g/mol. The maximum Gasteiger partial charge on any atom is 0.224 e. The maximum absolute atomic E-state index is 12.7. The van der Waals surface area contributed by atoms with E-state index in [0.717, 1.165) is 43.2 Å². The van der Waals surface area contributed by atoms with Crippen LogP contribution in [0.1, 0.15) is 30.9 Å². The largest absolute Gasteiger partial charge is 0.333 e. The van der Waals surface area contributed by atoms with Crippen molar-refractivity contribution in [3.8, 4) is 0 Å². The second-order valence-electron chi connectivity index (χ2n) is 5.83. The molecule has 1 aromatic rings. The highest BCUT2D eigenvalue weighted by molar-refractivity contribution is 6.31. The fraction of sp³-hybridized carbons (Fsp3) is 0.562. The van der Waals surface area contributed by atoms with Gasteiger partial charge in [-0.2, -0.15) is 0 Å². The van der Waals surface area contributed by atoms with Crippen molar-refractivity contribution >= 4 is 17.5 Å². The van der Waals surface area contributed by atoms with Crippen LogP contribution in [0.15, 0.2) is 24.3 Å².